The first kappa shape index (κ1) is 20.7. The Morgan fingerprint density at radius 2 is 1.76 bits per heavy atom. The van der Waals surface area contributed by atoms with Crippen molar-refractivity contribution in [3.05, 3.63) is 112 Å². The molecule has 0 saturated heterocycles. The van der Waals surface area contributed by atoms with Crippen LogP contribution in [0.2, 0.25) is 0 Å². The summed E-state index contributed by atoms with van der Waals surface area (Å²) in [6, 6.07) is 22.0. The maximum Gasteiger partial charge on any atom is 0.270 e. The molecule has 4 aromatic rings. The molecule has 5 rings (SSSR count). The smallest absolute Gasteiger partial charge is 0.270 e. The Balaban J connectivity index is 1.59. The highest BCUT2D eigenvalue weighted by molar-refractivity contribution is 6.22. The Morgan fingerprint density at radius 3 is 2.45 bits per heavy atom. The van der Waals surface area contributed by atoms with Crippen molar-refractivity contribution in [2.45, 2.75) is 6.54 Å². The third kappa shape index (κ3) is 4.26. The number of nitrogens with one attached hydrogen (secondary N) is 1. The maximum atomic E-state index is 11.3. The lowest BCUT2D eigenvalue weighted by Gasteiger charge is -2.14. The first-order chi connectivity index (χ1) is 16.1. The maximum absolute atomic E-state index is 11.3. The second kappa shape index (κ2) is 8.72. The predicted octanol–water partition coefficient (Wildman–Crippen LogP) is 5.32. The number of aromatic nitrogens is 1. The van der Waals surface area contributed by atoms with Gasteiger partial charge in [0.2, 0.25) is 0 Å². The van der Waals surface area contributed by atoms with Gasteiger partial charge in [-0.3, -0.25) is 15.0 Å². The Labute approximate surface area is 190 Å². The summed E-state index contributed by atoms with van der Waals surface area (Å²) in [5.74, 6) is -0.0775. The lowest BCUT2D eigenvalue weighted by atomic mass is 10.0. The molecule has 0 unspecified atom stereocenters. The number of non-ortho nitro benzene ring substituents is 1. The Morgan fingerprint density at radius 1 is 1.03 bits per heavy atom. The van der Waals surface area contributed by atoms with Crippen molar-refractivity contribution in [2.75, 3.05) is 13.1 Å². The van der Waals surface area contributed by atoms with Crippen LogP contribution in [0.3, 0.4) is 0 Å². The van der Waals surface area contributed by atoms with Gasteiger partial charge in [0.15, 0.2) is 5.88 Å². The fourth-order valence-corrected chi connectivity index (χ4v) is 4.09. The number of H-pyrrole nitrogens is 1. The minimum atomic E-state index is -0.443. The van der Waals surface area contributed by atoms with E-state index < -0.39 is 4.92 Å². The van der Waals surface area contributed by atoms with Crippen LogP contribution >= 0.6 is 0 Å². The van der Waals surface area contributed by atoms with Gasteiger partial charge in [-0.2, -0.15) is 0 Å². The van der Waals surface area contributed by atoms with Gasteiger partial charge in [0, 0.05) is 48.2 Å². The van der Waals surface area contributed by atoms with Crippen LogP contribution in [0.25, 0.3) is 10.9 Å². The molecule has 0 aliphatic carbocycles. The fourth-order valence-electron chi connectivity index (χ4n) is 4.09. The topological polar surface area (TPSA) is 94.8 Å². The molecule has 2 N–H and O–H groups in total. The van der Waals surface area contributed by atoms with Crippen LogP contribution in [0.15, 0.2) is 89.9 Å². The number of aliphatic imine (C=N–C) groups is 1. The van der Waals surface area contributed by atoms with Crippen molar-refractivity contribution in [1.29, 1.82) is 0 Å². The number of fused-ring (bicyclic) bond motifs is 1. The molecule has 1 aromatic heterocycles. The molecule has 2 heterocycles. The van der Waals surface area contributed by atoms with Crippen LogP contribution < -0.4 is 0 Å². The molecule has 164 valence electrons. The van der Waals surface area contributed by atoms with Crippen molar-refractivity contribution in [2.24, 2.45) is 4.99 Å². The lowest BCUT2D eigenvalue weighted by molar-refractivity contribution is -0.384. The van der Waals surface area contributed by atoms with Crippen molar-refractivity contribution in [3.63, 3.8) is 0 Å². The number of hydrogen-bond donors (Lipinski definition) is 2. The summed E-state index contributed by atoms with van der Waals surface area (Å²) in [4.78, 5) is 21.0. The highest BCUT2D eigenvalue weighted by atomic mass is 16.6. The molecule has 0 spiro atoms. The van der Waals surface area contributed by atoms with Gasteiger partial charge in [0.25, 0.3) is 5.69 Å². The minimum absolute atomic E-state index is 0.0454. The number of hydrogen-bond acceptors (Lipinski definition) is 5. The summed E-state index contributed by atoms with van der Waals surface area (Å²) in [6.45, 7) is 2.80. The fraction of sp³-hybridized carbons (Fsp3) is 0.115. The molecular formula is C26H22N4O3. The van der Waals surface area contributed by atoms with E-state index in [2.05, 4.69) is 34.2 Å². The molecule has 0 fully saturated rings. The van der Waals surface area contributed by atoms with Crippen LogP contribution in [0.1, 0.15) is 16.7 Å². The molecule has 3 aromatic carbocycles. The van der Waals surface area contributed by atoms with Crippen LogP contribution in [-0.2, 0) is 6.54 Å². The number of nitro groups is 1. The van der Waals surface area contributed by atoms with E-state index in [1.165, 1.54) is 17.7 Å². The second-order valence-corrected chi connectivity index (χ2v) is 7.99. The van der Waals surface area contributed by atoms with Crippen LogP contribution in [0.5, 0.6) is 5.88 Å². The Hall–Kier alpha value is -4.23. The minimum Gasteiger partial charge on any atom is -0.494 e. The van der Waals surface area contributed by atoms with Gasteiger partial charge in [-0.25, -0.2) is 4.99 Å². The molecule has 1 aliphatic rings. The number of nitrogens with zero attached hydrogens (tertiary/aromatic N) is 3. The average molecular weight is 438 g/mol. The van der Waals surface area contributed by atoms with E-state index in [1.807, 2.05) is 42.5 Å². The average Bonchev–Trinajstić information content (AvgIpc) is 3.45. The van der Waals surface area contributed by atoms with Gasteiger partial charge >= 0.3 is 0 Å². The highest BCUT2D eigenvalue weighted by Gasteiger charge is 2.21. The normalized spacial score (nSPS) is 14.2. The molecule has 0 atom stereocenters. The molecular weight excluding hydrogens is 416 g/mol. The standard InChI is InChI=1S/C26H22N4O3/c31-26-24(22-16-21(30(32)33)12-13-23(22)28-26)25(19-6-2-1-3-7-19)27-20-10-8-18(9-11-20)17-29-14-4-5-15-29/h1-13,16,28,31H,14-15,17H2. The van der Waals surface area contributed by atoms with Crippen molar-refractivity contribution in [1.82, 2.24) is 9.88 Å². The lowest BCUT2D eigenvalue weighted by Crippen LogP contribution is -2.18. The van der Waals surface area contributed by atoms with Gasteiger partial charge in [0.1, 0.15) is 0 Å². The molecule has 0 saturated carbocycles. The summed E-state index contributed by atoms with van der Waals surface area (Å²) in [5.41, 5.74) is 4.26. The van der Waals surface area contributed by atoms with E-state index >= 15 is 0 Å². The van der Waals surface area contributed by atoms with Gasteiger partial charge in [0.05, 0.1) is 21.9 Å². The molecule has 7 heteroatoms. The summed E-state index contributed by atoms with van der Waals surface area (Å²) < 4.78 is 0. The van der Waals surface area contributed by atoms with Gasteiger partial charge in [-0.15, -0.1) is 0 Å². The SMILES string of the molecule is O=[N+]([O-])c1ccc2[nH]c(O)c(C(=Nc3ccc(CN4CC=CC4)cc3)c3ccccc3)c2c1. The molecule has 0 bridgehead atoms. The third-order valence-corrected chi connectivity index (χ3v) is 5.73. The monoisotopic (exact) mass is 438 g/mol. The zero-order valence-electron chi connectivity index (χ0n) is 17.8. The van der Waals surface area contributed by atoms with Crippen LogP contribution in [0.4, 0.5) is 11.4 Å². The summed E-state index contributed by atoms with van der Waals surface area (Å²) in [5, 5.41) is 22.6. The molecule has 7 nitrogen and oxygen atoms in total. The Kier molecular flexibility index (Phi) is 5.46. The van der Waals surface area contributed by atoms with Crippen molar-refractivity contribution >= 4 is 28.0 Å². The zero-order valence-corrected chi connectivity index (χ0v) is 17.8. The second-order valence-electron chi connectivity index (χ2n) is 7.99. The number of nitro benzene ring substituents is 1. The highest BCUT2D eigenvalue weighted by Crippen LogP contribution is 2.33. The van der Waals surface area contributed by atoms with Crippen LogP contribution in [-0.4, -0.2) is 38.7 Å². The molecule has 0 radical (unpaired) electrons. The van der Waals surface area contributed by atoms with E-state index in [-0.39, 0.29) is 11.6 Å². The first-order valence-corrected chi connectivity index (χ1v) is 10.7. The van der Waals surface area contributed by atoms with E-state index in [0.717, 1.165) is 30.9 Å². The van der Waals surface area contributed by atoms with Gasteiger partial charge in [-0.05, 0) is 23.8 Å². The number of benzene rings is 3. The van der Waals surface area contributed by atoms with E-state index in [4.69, 9.17) is 4.99 Å². The number of aromatic hydroxyl groups is 1. The zero-order chi connectivity index (χ0) is 22.8. The third-order valence-electron chi connectivity index (χ3n) is 5.73. The first-order valence-electron chi connectivity index (χ1n) is 10.7. The summed E-state index contributed by atoms with van der Waals surface area (Å²) >= 11 is 0. The summed E-state index contributed by atoms with van der Waals surface area (Å²) in [7, 11) is 0. The van der Waals surface area contributed by atoms with Gasteiger partial charge in [-0.1, -0.05) is 54.6 Å². The van der Waals surface area contributed by atoms with Crippen molar-refractivity contribution in [3.8, 4) is 5.88 Å². The molecule has 0 amide bonds. The molecule has 1 aliphatic heterocycles. The number of rotatable bonds is 6. The van der Waals surface area contributed by atoms with E-state index in [1.54, 1.807) is 6.07 Å². The van der Waals surface area contributed by atoms with Crippen molar-refractivity contribution < 1.29 is 10.0 Å². The van der Waals surface area contributed by atoms with E-state index in [9.17, 15) is 15.2 Å². The van der Waals surface area contributed by atoms with Crippen LogP contribution in [0, 0.1) is 10.1 Å². The van der Waals surface area contributed by atoms with Gasteiger partial charge < -0.3 is 10.1 Å². The van der Waals surface area contributed by atoms with E-state index in [0.29, 0.717) is 22.2 Å². The predicted molar refractivity (Wildman–Crippen MR) is 129 cm³/mol. The Bertz CT molecular complexity index is 1360. The number of aromatic amines is 1. The largest absolute Gasteiger partial charge is 0.494 e. The summed E-state index contributed by atoms with van der Waals surface area (Å²) in [6.07, 6.45) is 4.34. The molecule has 33 heavy (non-hydrogen) atoms. The quantitative estimate of drug-likeness (QED) is 0.184.